The number of carbonyl (C=O) groups excluding carboxylic acids is 1. The second-order valence-corrected chi connectivity index (χ2v) is 8.70. The minimum Gasteiger partial charge on any atom is -0.495 e. The molecule has 1 aliphatic rings. The number of hydrogen-bond acceptors (Lipinski definition) is 5. The van der Waals surface area contributed by atoms with E-state index in [1.807, 2.05) is 0 Å². The van der Waals surface area contributed by atoms with E-state index in [4.69, 9.17) is 4.74 Å². The Labute approximate surface area is 165 Å². The lowest BCUT2D eigenvalue weighted by atomic mass is 10.2. The predicted molar refractivity (Wildman–Crippen MR) is 107 cm³/mol. The first-order chi connectivity index (χ1) is 13.5. The standard InChI is InChI=1S/C20H25N3O4S/c1-27-19-7-6-17(28(25,26)23-12-4-2-3-5-13-23)15-18(19)22-20(24)14-16-8-10-21-11-9-16/h6-11,15H,2-5,12-14H2,1H3,(H,22,24). The summed E-state index contributed by atoms with van der Waals surface area (Å²) in [6, 6.07) is 8.10. The Morgan fingerprint density at radius 3 is 2.43 bits per heavy atom. The Kier molecular flexibility index (Phi) is 6.64. The summed E-state index contributed by atoms with van der Waals surface area (Å²) in [5.74, 6) is 0.159. The quantitative estimate of drug-likeness (QED) is 0.801. The van der Waals surface area contributed by atoms with Gasteiger partial charge in [0.25, 0.3) is 0 Å². The van der Waals surface area contributed by atoms with Crippen molar-refractivity contribution in [2.75, 3.05) is 25.5 Å². The first-order valence-corrected chi connectivity index (χ1v) is 10.8. The fraction of sp³-hybridized carbons (Fsp3) is 0.400. The van der Waals surface area contributed by atoms with Crippen LogP contribution in [-0.4, -0.2) is 43.8 Å². The van der Waals surface area contributed by atoms with Crippen molar-refractivity contribution in [1.29, 1.82) is 0 Å². The second kappa shape index (κ2) is 9.16. The van der Waals surface area contributed by atoms with E-state index in [9.17, 15) is 13.2 Å². The van der Waals surface area contributed by atoms with Gasteiger partial charge in [-0.3, -0.25) is 9.78 Å². The zero-order chi connectivity index (χ0) is 20.0. The van der Waals surface area contributed by atoms with Gasteiger partial charge in [0, 0.05) is 25.5 Å². The van der Waals surface area contributed by atoms with E-state index in [0.29, 0.717) is 24.5 Å². The molecule has 0 atom stereocenters. The van der Waals surface area contributed by atoms with E-state index >= 15 is 0 Å². The van der Waals surface area contributed by atoms with Crippen molar-refractivity contribution in [3.05, 3.63) is 48.3 Å². The monoisotopic (exact) mass is 403 g/mol. The third-order valence-electron chi connectivity index (χ3n) is 4.76. The molecule has 1 aromatic carbocycles. The zero-order valence-corrected chi connectivity index (χ0v) is 16.7. The molecule has 8 heteroatoms. The third kappa shape index (κ3) is 4.88. The highest BCUT2D eigenvalue weighted by atomic mass is 32.2. The summed E-state index contributed by atoms with van der Waals surface area (Å²) in [4.78, 5) is 16.5. The lowest BCUT2D eigenvalue weighted by Gasteiger charge is -2.21. The summed E-state index contributed by atoms with van der Waals surface area (Å²) < 4.78 is 32.9. The van der Waals surface area contributed by atoms with Crippen LogP contribution >= 0.6 is 0 Å². The molecule has 0 aliphatic carbocycles. The molecule has 3 rings (SSSR count). The maximum absolute atomic E-state index is 13.0. The van der Waals surface area contributed by atoms with Gasteiger partial charge in [0.1, 0.15) is 5.75 Å². The van der Waals surface area contributed by atoms with Gasteiger partial charge in [-0.05, 0) is 48.7 Å². The number of pyridine rings is 1. The number of nitrogens with zero attached hydrogens (tertiary/aromatic N) is 2. The van der Waals surface area contributed by atoms with E-state index < -0.39 is 10.0 Å². The fourth-order valence-corrected chi connectivity index (χ4v) is 4.80. The van der Waals surface area contributed by atoms with Crippen LogP contribution in [0.25, 0.3) is 0 Å². The molecular formula is C20H25N3O4S. The number of carbonyl (C=O) groups is 1. The van der Waals surface area contributed by atoms with Crippen LogP contribution in [0.3, 0.4) is 0 Å². The van der Waals surface area contributed by atoms with Gasteiger partial charge in [-0.25, -0.2) is 8.42 Å². The lowest BCUT2D eigenvalue weighted by molar-refractivity contribution is -0.115. The van der Waals surface area contributed by atoms with Crippen LogP contribution in [0.2, 0.25) is 0 Å². The maximum Gasteiger partial charge on any atom is 0.243 e. The Bertz CT molecular complexity index is 908. The lowest BCUT2D eigenvalue weighted by Crippen LogP contribution is -2.32. The normalized spacial score (nSPS) is 15.6. The molecule has 150 valence electrons. The highest BCUT2D eigenvalue weighted by Gasteiger charge is 2.26. The molecule has 1 N–H and O–H groups in total. The Balaban J connectivity index is 1.82. The van der Waals surface area contributed by atoms with Gasteiger partial charge in [-0.1, -0.05) is 12.8 Å². The van der Waals surface area contributed by atoms with E-state index in [1.165, 1.54) is 23.5 Å². The van der Waals surface area contributed by atoms with Crippen LogP contribution in [0.5, 0.6) is 5.75 Å². The number of nitrogens with one attached hydrogen (secondary N) is 1. The highest BCUT2D eigenvalue weighted by molar-refractivity contribution is 7.89. The van der Waals surface area contributed by atoms with Crippen LogP contribution in [-0.2, 0) is 21.2 Å². The average molecular weight is 404 g/mol. The van der Waals surface area contributed by atoms with Gasteiger partial charge in [-0.15, -0.1) is 0 Å². The Hall–Kier alpha value is -2.45. The summed E-state index contributed by atoms with van der Waals surface area (Å²) in [6.45, 7) is 1.05. The zero-order valence-electron chi connectivity index (χ0n) is 15.9. The summed E-state index contributed by atoms with van der Waals surface area (Å²) in [7, 11) is -2.13. The van der Waals surface area contributed by atoms with Crippen LogP contribution in [0, 0.1) is 0 Å². The molecule has 0 saturated carbocycles. The predicted octanol–water partition coefficient (Wildman–Crippen LogP) is 2.84. The summed E-state index contributed by atoms with van der Waals surface area (Å²) in [5.41, 5.74) is 1.16. The van der Waals surface area contributed by atoms with Gasteiger partial charge in [0.2, 0.25) is 15.9 Å². The molecule has 0 unspecified atom stereocenters. The number of rotatable bonds is 6. The molecule has 1 fully saturated rings. The smallest absolute Gasteiger partial charge is 0.243 e. The summed E-state index contributed by atoms with van der Waals surface area (Å²) >= 11 is 0. The number of methoxy groups -OCH3 is 1. The molecule has 2 heterocycles. The first-order valence-electron chi connectivity index (χ1n) is 9.37. The van der Waals surface area contributed by atoms with Crippen molar-refractivity contribution in [2.24, 2.45) is 0 Å². The van der Waals surface area contributed by atoms with Crippen molar-refractivity contribution in [3.63, 3.8) is 0 Å². The fourth-order valence-electron chi connectivity index (χ4n) is 3.26. The molecule has 7 nitrogen and oxygen atoms in total. The summed E-state index contributed by atoms with van der Waals surface area (Å²) in [5, 5.41) is 2.77. The number of hydrogen-bond donors (Lipinski definition) is 1. The molecule has 1 aromatic heterocycles. The van der Waals surface area contributed by atoms with Crippen molar-refractivity contribution in [1.82, 2.24) is 9.29 Å². The van der Waals surface area contributed by atoms with Crippen molar-refractivity contribution in [2.45, 2.75) is 37.0 Å². The van der Waals surface area contributed by atoms with Crippen molar-refractivity contribution in [3.8, 4) is 5.75 Å². The largest absolute Gasteiger partial charge is 0.495 e. The molecule has 0 bridgehead atoms. The maximum atomic E-state index is 13.0. The molecule has 1 aliphatic heterocycles. The van der Waals surface area contributed by atoms with Crippen LogP contribution in [0.4, 0.5) is 5.69 Å². The Morgan fingerprint density at radius 1 is 1.11 bits per heavy atom. The molecule has 1 saturated heterocycles. The van der Waals surface area contributed by atoms with Gasteiger partial charge < -0.3 is 10.1 Å². The molecular weight excluding hydrogens is 378 g/mol. The summed E-state index contributed by atoms with van der Waals surface area (Å²) in [6.07, 6.45) is 7.23. The SMILES string of the molecule is COc1ccc(S(=O)(=O)N2CCCCCC2)cc1NC(=O)Cc1ccncc1. The molecule has 0 spiro atoms. The van der Waals surface area contributed by atoms with Crippen molar-refractivity contribution >= 4 is 21.6 Å². The van der Waals surface area contributed by atoms with Crippen LogP contribution < -0.4 is 10.1 Å². The number of anilines is 1. The number of amides is 1. The van der Waals surface area contributed by atoms with E-state index in [-0.39, 0.29) is 17.2 Å². The third-order valence-corrected chi connectivity index (χ3v) is 6.66. The number of aromatic nitrogens is 1. The molecule has 28 heavy (non-hydrogen) atoms. The van der Waals surface area contributed by atoms with Crippen LogP contribution in [0.1, 0.15) is 31.2 Å². The number of benzene rings is 1. The van der Waals surface area contributed by atoms with E-state index in [2.05, 4.69) is 10.3 Å². The minimum atomic E-state index is -3.61. The molecule has 0 radical (unpaired) electrons. The second-order valence-electron chi connectivity index (χ2n) is 6.76. The molecule has 1 amide bonds. The van der Waals surface area contributed by atoms with E-state index in [1.54, 1.807) is 30.6 Å². The minimum absolute atomic E-state index is 0.161. The Morgan fingerprint density at radius 2 is 1.79 bits per heavy atom. The van der Waals surface area contributed by atoms with Gasteiger partial charge in [-0.2, -0.15) is 4.31 Å². The number of sulfonamides is 1. The molecule has 2 aromatic rings. The average Bonchev–Trinajstić information content (AvgIpc) is 2.98. The van der Waals surface area contributed by atoms with Crippen LogP contribution in [0.15, 0.2) is 47.6 Å². The van der Waals surface area contributed by atoms with Gasteiger partial charge in [0.05, 0.1) is 24.1 Å². The number of ether oxygens (including phenoxy) is 1. The van der Waals surface area contributed by atoms with Crippen molar-refractivity contribution < 1.29 is 17.9 Å². The topological polar surface area (TPSA) is 88.6 Å². The highest BCUT2D eigenvalue weighted by Crippen LogP contribution is 2.30. The van der Waals surface area contributed by atoms with E-state index in [0.717, 1.165) is 31.2 Å². The first kappa shape index (κ1) is 20.3. The van der Waals surface area contributed by atoms with Gasteiger partial charge >= 0.3 is 0 Å². The van der Waals surface area contributed by atoms with Gasteiger partial charge in [0.15, 0.2) is 0 Å².